The number of halogens is 1. The Kier molecular flexibility index (Phi) is 5.21. The number of carbonyl (C=O) groups is 3. The maximum absolute atomic E-state index is 11.4. The third kappa shape index (κ3) is 4.22. The number of nitrogens with one attached hydrogen (secondary N) is 1. The number of likely N-dealkylation sites (tertiary alicyclic amines) is 1. The predicted molar refractivity (Wildman–Crippen MR) is 60.7 cm³/mol. The molecule has 0 radical (unpaired) electrons. The zero-order valence-electron chi connectivity index (χ0n) is 9.32. The molecule has 2 amide bonds. The number of alkyl halides is 1. The van der Waals surface area contributed by atoms with Gasteiger partial charge in [-0.25, -0.2) is 0 Å². The summed E-state index contributed by atoms with van der Waals surface area (Å²) in [6, 6.07) is 0. The summed E-state index contributed by atoms with van der Waals surface area (Å²) >= 11 is 5.39. The van der Waals surface area contributed by atoms with Crippen LogP contribution in [0.2, 0.25) is 0 Å². The first-order chi connectivity index (χ1) is 8.04. The minimum Gasteiger partial charge on any atom is -0.481 e. The van der Waals surface area contributed by atoms with Gasteiger partial charge < -0.3 is 15.3 Å². The summed E-state index contributed by atoms with van der Waals surface area (Å²) in [5.74, 6) is -1.66. The van der Waals surface area contributed by atoms with Crippen LogP contribution in [0, 0.1) is 5.92 Å². The molecule has 1 rings (SSSR count). The molecule has 2 N–H and O–H groups in total. The van der Waals surface area contributed by atoms with E-state index >= 15 is 0 Å². The van der Waals surface area contributed by atoms with E-state index in [1.54, 1.807) is 0 Å². The van der Waals surface area contributed by atoms with Crippen LogP contribution in [0.25, 0.3) is 0 Å². The molecule has 0 aromatic carbocycles. The van der Waals surface area contributed by atoms with Crippen molar-refractivity contribution in [2.75, 3.05) is 25.5 Å². The normalized spacial score (nSPS) is 19.5. The van der Waals surface area contributed by atoms with Crippen molar-refractivity contribution in [2.24, 2.45) is 5.92 Å². The molecule has 0 aromatic heterocycles. The fourth-order valence-electron chi connectivity index (χ4n) is 1.66. The second-order valence-electron chi connectivity index (χ2n) is 3.87. The third-order valence-electron chi connectivity index (χ3n) is 2.59. The Morgan fingerprint density at radius 2 is 2.24 bits per heavy atom. The first kappa shape index (κ1) is 13.8. The average Bonchev–Trinajstić information content (AvgIpc) is 2.61. The Morgan fingerprint density at radius 1 is 1.53 bits per heavy atom. The highest BCUT2D eigenvalue weighted by molar-refractivity contribution is 6.18. The molecule has 1 heterocycles. The van der Waals surface area contributed by atoms with Crippen LogP contribution in [0.15, 0.2) is 0 Å². The molecule has 0 spiro atoms. The lowest BCUT2D eigenvalue weighted by molar-refractivity contribution is -0.141. The monoisotopic (exact) mass is 262 g/mol. The fraction of sp³-hybridized carbons (Fsp3) is 0.700. The van der Waals surface area contributed by atoms with E-state index < -0.39 is 11.9 Å². The number of carboxylic acids is 1. The first-order valence-corrected chi connectivity index (χ1v) is 5.91. The number of amides is 2. The van der Waals surface area contributed by atoms with Crippen molar-refractivity contribution in [1.82, 2.24) is 10.2 Å². The Bertz CT molecular complexity index is 321. The molecule has 1 fully saturated rings. The van der Waals surface area contributed by atoms with Crippen molar-refractivity contribution in [3.8, 4) is 0 Å². The second-order valence-corrected chi connectivity index (χ2v) is 4.25. The lowest BCUT2D eigenvalue weighted by Crippen LogP contribution is -2.36. The molecular weight excluding hydrogens is 248 g/mol. The largest absolute Gasteiger partial charge is 0.481 e. The van der Waals surface area contributed by atoms with Crippen LogP contribution < -0.4 is 5.32 Å². The van der Waals surface area contributed by atoms with E-state index in [0.717, 1.165) is 0 Å². The maximum atomic E-state index is 11.4. The van der Waals surface area contributed by atoms with Crippen molar-refractivity contribution < 1.29 is 19.5 Å². The summed E-state index contributed by atoms with van der Waals surface area (Å²) in [7, 11) is 0. The van der Waals surface area contributed by atoms with Crippen molar-refractivity contribution in [2.45, 2.75) is 12.8 Å². The molecule has 0 aromatic rings. The van der Waals surface area contributed by atoms with Gasteiger partial charge in [-0.15, -0.1) is 11.6 Å². The number of carbonyl (C=O) groups excluding carboxylic acids is 2. The number of nitrogens with zero attached hydrogens (tertiary/aromatic N) is 1. The van der Waals surface area contributed by atoms with E-state index in [1.807, 2.05) is 0 Å². The molecule has 6 nitrogen and oxygen atoms in total. The fourth-order valence-corrected chi connectivity index (χ4v) is 1.83. The van der Waals surface area contributed by atoms with Crippen molar-refractivity contribution >= 4 is 29.4 Å². The molecule has 96 valence electrons. The van der Waals surface area contributed by atoms with Crippen LogP contribution in [0.5, 0.6) is 0 Å². The quantitative estimate of drug-likeness (QED) is 0.642. The maximum Gasteiger partial charge on any atom is 0.308 e. The van der Waals surface area contributed by atoms with Crippen LogP contribution >= 0.6 is 11.6 Å². The van der Waals surface area contributed by atoms with Crippen LogP contribution in [-0.4, -0.2) is 53.3 Å². The Labute approximate surface area is 104 Å². The van der Waals surface area contributed by atoms with E-state index in [2.05, 4.69) is 5.32 Å². The van der Waals surface area contributed by atoms with E-state index in [-0.39, 0.29) is 37.1 Å². The van der Waals surface area contributed by atoms with Gasteiger partial charge in [-0.3, -0.25) is 14.4 Å². The topological polar surface area (TPSA) is 86.7 Å². The van der Waals surface area contributed by atoms with Crippen molar-refractivity contribution in [3.05, 3.63) is 0 Å². The van der Waals surface area contributed by atoms with E-state index in [0.29, 0.717) is 13.1 Å². The van der Waals surface area contributed by atoms with Crippen LogP contribution in [0.3, 0.4) is 0 Å². The third-order valence-corrected chi connectivity index (χ3v) is 2.78. The van der Waals surface area contributed by atoms with Gasteiger partial charge in [-0.1, -0.05) is 0 Å². The minimum atomic E-state index is -0.952. The summed E-state index contributed by atoms with van der Waals surface area (Å²) in [5.41, 5.74) is 0. The lowest BCUT2D eigenvalue weighted by Gasteiger charge is -2.16. The molecular formula is C10H15ClN2O4. The van der Waals surface area contributed by atoms with Gasteiger partial charge in [0.05, 0.1) is 5.92 Å². The molecule has 0 saturated carbocycles. The molecule has 7 heteroatoms. The van der Waals surface area contributed by atoms with Crippen LogP contribution in [0.1, 0.15) is 12.8 Å². The van der Waals surface area contributed by atoms with Crippen molar-refractivity contribution in [1.29, 1.82) is 0 Å². The summed E-state index contributed by atoms with van der Waals surface area (Å²) in [6.07, 6.45) is 0.290. The highest BCUT2D eigenvalue weighted by Gasteiger charge is 2.33. The summed E-state index contributed by atoms with van der Waals surface area (Å²) in [6.45, 7) is 0.893. The lowest BCUT2D eigenvalue weighted by atomic mass is 10.1. The number of hydrogen-bond donors (Lipinski definition) is 2. The zero-order valence-corrected chi connectivity index (χ0v) is 10.1. The van der Waals surface area contributed by atoms with Crippen LogP contribution in [-0.2, 0) is 14.4 Å². The van der Waals surface area contributed by atoms with Gasteiger partial charge in [0, 0.05) is 38.4 Å². The van der Waals surface area contributed by atoms with Crippen LogP contribution in [0.4, 0.5) is 0 Å². The van der Waals surface area contributed by atoms with Gasteiger partial charge in [-0.05, 0) is 0 Å². The SMILES string of the molecule is O=C(CCCl)NCCN1CC(C(=O)O)CC1=O. The number of hydrogen-bond acceptors (Lipinski definition) is 3. The molecule has 1 aliphatic rings. The standard InChI is InChI=1S/C10H15ClN2O4/c11-2-1-8(14)12-3-4-13-6-7(10(16)17)5-9(13)15/h7H,1-6H2,(H,12,14)(H,16,17). The highest BCUT2D eigenvalue weighted by atomic mass is 35.5. The first-order valence-electron chi connectivity index (χ1n) is 5.38. The minimum absolute atomic E-state index is 0.0466. The Balaban J connectivity index is 2.26. The molecule has 17 heavy (non-hydrogen) atoms. The van der Waals surface area contributed by atoms with E-state index in [9.17, 15) is 14.4 Å². The summed E-state index contributed by atoms with van der Waals surface area (Å²) < 4.78 is 0. The second kappa shape index (κ2) is 6.44. The number of rotatable bonds is 6. The Hall–Kier alpha value is -1.30. The molecule has 1 unspecified atom stereocenters. The van der Waals surface area contributed by atoms with Gasteiger partial charge in [0.25, 0.3) is 0 Å². The zero-order chi connectivity index (χ0) is 12.8. The number of aliphatic carboxylic acids is 1. The molecule has 0 bridgehead atoms. The summed E-state index contributed by atoms with van der Waals surface area (Å²) in [5, 5.41) is 11.4. The average molecular weight is 263 g/mol. The molecule has 1 saturated heterocycles. The van der Waals surface area contributed by atoms with E-state index in [1.165, 1.54) is 4.90 Å². The predicted octanol–water partition coefficient (Wildman–Crippen LogP) is -0.335. The van der Waals surface area contributed by atoms with Gasteiger partial charge in [0.15, 0.2) is 0 Å². The highest BCUT2D eigenvalue weighted by Crippen LogP contribution is 2.16. The van der Waals surface area contributed by atoms with Gasteiger partial charge in [0.1, 0.15) is 0 Å². The smallest absolute Gasteiger partial charge is 0.308 e. The molecule has 0 aliphatic carbocycles. The van der Waals surface area contributed by atoms with Gasteiger partial charge >= 0.3 is 5.97 Å². The summed E-state index contributed by atoms with van der Waals surface area (Å²) in [4.78, 5) is 34.7. The molecule has 1 atom stereocenters. The van der Waals surface area contributed by atoms with Gasteiger partial charge in [0.2, 0.25) is 11.8 Å². The van der Waals surface area contributed by atoms with Crippen molar-refractivity contribution in [3.63, 3.8) is 0 Å². The molecule has 1 aliphatic heterocycles. The Morgan fingerprint density at radius 3 is 2.76 bits per heavy atom. The van der Waals surface area contributed by atoms with E-state index in [4.69, 9.17) is 16.7 Å². The van der Waals surface area contributed by atoms with Gasteiger partial charge in [-0.2, -0.15) is 0 Å². The number of carboxylic acid groups (broad SMARTS) is 1.